The van der Waals surface area contributed by atoms with E-state index < -0.39 is 29.9 Å². The molecule has 0 radical (unpaired) electrons. The Balaban J connectivity index is 2.28. The number of aromatic amines is 1. The second kappa shape index (κ2) is 23.7. The van der Waals surface area contributed by atoms with Gasteiger partial charge in [0.05, 0.1) is 12.9 Å². The summed E-state index contributed by atoms with van der Waals surface area (Å²) in [7, 11) is 0. The van der Waals surface area contributed by atoms with Crippen molar-refractivity contribution in [2.24, 2.45) is 5.73 Å². The van der Waals surface area contributed by atoms with E-state index >= 15 is 0 Å². The first-order valence-corrected chi connectivity index (χ1v) is 15.6. The lowest BCUT2D eigenvalue weighted by atomic mass is 10.0. The van der Waals surface area contributed by atoms with Crippen molar-refractivity contribution < 1.29 is 24.3 Å². The van der Waals surface area contributed by atoms with Crippen molar-refractivity contribution in [3.63, 3.8) is 0 Å². The Bertz CT molecular complexity index is 848. The molecule has 0 aromatic carbocycles. The number of carboxylic acid groups (broad SMARTS) is 1. The van der Waals surface area contributed by atoms with Crippen LogP contribution in [0.5, 0.6) is 0 Å². The normalized spacial score (nSPS) is 12.4. The molecule has 7 N–H and O–H groups in total. The lowest BCUT2D eigenvalue weighted by Gasteiger charge is -2.21. The maximum absolute atomic E-state index is 12.9. The first-order valence-electron chi connectivity index (χ1n) is 15.6. The van der Waals surface area contributed by atoms with Gasteiger partial charge in [0.25, 0.3) is 0 Å². The first kappa shape index (κ1) is 36.1. The molecule has 1 aromatic heterocycles. The lowest BCUT2D eigenvalue weighted by molar-refractivity contribution is -0.142. The van der Waals surface area contributed by atoms with Crippen LogP contribution in [0.15, 0.2) is 12.5 Å². The van der Waals surface area contributed by atoms with Crippen LogP contribution >= 0.6 is 0 Å². The molecule has 0 spiro atoms. The van der Waals surface area contributed by atoms with Crippen molar-refractivity contribution in [1.29, 1.82) is 0 Å². The van der Waals surface area contributed by atoms with Gasteiger partial charge in [-0.15, -0.1) is 0 Å². The number of rotatable bonds is 26. The monoisotopic (exact) mass is 578 g/mol. The third kappa shape index (κ3) is 18.9. The minimum atomic E-state index is -1.19. The maximum atomic E-state index is 12.9. The Morgan fingerprint density at radius 2 is 1.44 bits per heavy atom. The molecular formula is C30H54N6O5. The van der Waals surface area contributed by atoms with E-state index in [-0.39, 0.29) is 18.9 Å². The summed E-state index contributed by atoms with van der Waals surface area (Å²) in [6, 6.07) is -2.12. The number of imidazole rings is 1. The van der Waals surface area contributed by atoms with Gasteiger partial charge in [0.1, 0.15) is 12.1 Å². The number of nitrogens with two attached hydrogens (primary N) is 1. The molecule has 0 saturated carbocycles. The van der Waals surface area contributed by atoms with Gasteiger partial charge in [-0.2, -0.15) is 0 Å². The second-order valence-electron chi connectivity index (χ2n) is 10.9. The highest BCUT2D eigenvalue weighted by Gasteiger charge is 2.27. The molecular weight excluding hydrogens is 524 g/mol. The molecule has 1 heterocycles. The van der Waals surface area contributed by atoms with Crippen LogP contribution in [0.3, 0.4) is 0 Å². The standard InChI is InChI=1S/C30H54N6O5/c1-2-3-4-5-6-7-8-9-10-11-12-13-14-18-27(37)33-22-28(38)35-25(17-15-16-19-31)29(39)36-26(30(40)41)20-24-21-32-23-34-24/h21,23,25-26H,2-20,22,31H2,1H3,(H,32,34)(H,33,37)(H,35,38)(H,36,39)(H,40,41)/t25-,26-/m0/s1. The summed E-state index contributed by atoms with van der Waals surface area (Å²) in [6.45, 7) is 2.44. The van der Waals surface area contributed by atoms with Gasteiger partial charge >= 0.3 is 5.97 Å². The van der Waals surface area contributed by atoms with Crippen LogP contribution in [0.1, 0.15) is 122 Å². The van der Waals surface area contributed by atoms with Gasteiger partial charge < -0.3 is 31.8 Å². The minimum Gasteiger partial charge on any atom is -0.480 e. The van der Waals surface area contributed by atoms with Gasteiger partial charge in [-0.3, -0.25) is 14.4 Å². The van der Waals surface area contributed by atoms with Crippen molar-refractivity contribution in [3.05, 3.63) is 18.2 Å². The quantitative estimate of drug-likeness (QED) is 0.0906. The number of aliphatic carboxylic acids is 1. The van der Waals surface area contributed by atoms with Crippen molar-refractivity contribution in [3.8, 4) is 0 Å². The van der Waals surface area contributed by atoms with E-state index in [0.29, 0.717) is 37.9 Å². The third-order valence-electron chi connectivity index (χ3n) is 7.15. The van der Waals surface area contributed by atoms with Gasteiger partial charge in [-0.1, -0.05) is 84.0 Å². The number of nitrogens with one attached hydrogen (secondary N) is 4. The number of carbonyl (C=O) groups is 4. The number of hydrogen-bond donors (Lipinski definition) is 6. The zero-order valence-corrected chi connectivity index (χ0v) is 25.1. The molecule has 0 aliphatic rings. The number of amides is 3. The van der Waals surface area contributed by atoms with Crippen LogP contribution in [-0.2, 0) is 25.6 Å². The maximum Gasteiger partial charge on any atom is 0.326 e. The van der Waals surface area contributed by atoms with Crippen molar-refractivity contribution in [2.75, 3.05) is 13.1 Å². The van der Waals surface area contributed by atoms with Crippen LogP contribution in [0.2, 0.25) is 0 Å². The topological polar surface area (TPSA) is 179 Å². The summed E-state index contributed by atoms with van der Waals surface area (Å²) < 4.78 is 0. The Hall–Kier alpha value is -2.95. The molecule has 0 saturated heterocycles. The summed E-state index contributed by atoms with van der Waals surface area (Å²) in [5.41, 5.74) is 6.12. The van der Waals surface area contributed by atoms with Gasteiger partial charge in [-0.25, -0.2) is 9.78 Å². The zero-order chi connectivity index (χ0) is 30.1. The fourth-order valence-electron chi connectivity index (χ4n) is 4.67. The van der Waals surface area contributed by atoms with Gasteiger partial charge in [0.15, 0.2) is 0 Å². The molecule has 2 atom stereocenters. The largest absolute Gasteiger partial charge is 0.480 e. The van der Waals surface area contributed by atoms with Gasteiger partial charge in [-0.05, 0) is 32.2 Å². The molecule has 0 bridgehead atoms. The number of hydrogen-bond acceptors (Lipinski definition) is 6. The summed E-state index contributed by atoms with van der Waals surface area (Å²) >= 11 is 0. The number of carboxylic acids is 1. The van der Waals surface area contributed by atoms with Gasteiger partial charge in [0.2, 0.25) is 17.7 Å². The van der Waals surface area contributed by atoms with Crippen LogP contribution in [0, 0.1) is 0 Å². The van der Waals surface area contributed by atoms with Crippen LogP contribution in [0.4, 0.5) is 0 Å². The minimum absolute atomic E-state index is 0.0276. The van der Waals surface area contributed by atoms with Crippen molar-refractivity contribution in [1.82, 2.24) is 25.9 Å². The van der Waals surface area contributed by atoms with Crippen LogP contribution < -0.4 is 21.7 Å². The fourth-order valence-corrected chi connectivity index (χ4v) is 4.67. The number of H-pyrrole nitrogens is 1. The molecule has 11 nitrogen and oxygen atoms in total. The van der Waals surface area contributed by atoms with E-state index in [1.54, 1.807) is 0 Å². The van der Waals surface area contributed by atoms with E-state index in [2.05, 4.69) is 32.8 Å². The fraction of sp³-hybridized carbons (Fsp3) is 0.767. The molecule has 0 unspecified atom stereocenters. The molecule has 234 valence electrons. The number of unbranched alkanes of at least 4 members (excludes halogenated alkanes) is 13. The van der Waals surface area contributed by atoms with E-state index in [9.17, 15) is 24.3 Å². The van der Waals surface area contributed by atoms with E-state index in [1.807, 2.05) is 0 Å². The van der Waals surface area contributed by atoms with Gasteiger partial charge in [0, 0.05) is 24.7 Å². The van der Waals surface area contributed by atoms with E-state index in [1.165, 1.54) is 76.7 Å². The molecule has 0 aliphatic heterocycles. The molecule has 0 fully saturated rings. The molecule has 1 aromatic rings. The average Bonchev–Trinajstić information content (AvgIpc) is 3.46. The third-order valence-corrected chi connectivity index (χ3v) is 7.15. The highest BCUT2D eigenvalue weighted by Crippen LogP contribution is 2.13. The SMILES string of the molecule is CCCCCCCCCCCCCCCC(=O)NCC(=O)N[C@@H](CCCCN)C(=O)N[C@@H](Cc1cnc[nH]1)C(=O)O. The summed E-state index contributed by atoms with van der Waals surface area (Å²) in [4.78, 5) is 55.9. The smallest absolute Gasteiger partial charge is 0.326 e. The van der Waals surface area contributed by atoms with Crippen LogP contribution in [0.25, 0.3) is 0 Å². The number of aromatic nitrogens is 2. The molecule has 41 heavy (non-hydrogen) atoms. The Labute approximate surface area is 245 Å². The Morgan fingerprint density at radius 3 is 1.98 bits per heavy atom. The van der Waals surface area contributed by atoms with E-state index in [4.69, 9.17) is 5.73 Å². The second-order valence-corrected chi connectivity index (χ2v) is 10.9. The molecule has 1 rings (SSSR count). The number of nitrogens with zero attached hydrogens (tertiary/aromatic N) is 1. The average molecular weight is 579 g/mol. The zero-order valence-electron chi connectivity index (χ0n) is 25.1. The molecule has 0 aliphatic carbocycles. The van der Waals surface area contributed by atoms with Crippen LogP contribution in [-0.4, -0.2) is 63.9 Å². The molecule has 11 heteroatoms. The Kier molecular flexibility index (Phi) is 20.9. The highest BCUT2D eigenvalue weighted by molar-refractivity contribution is 5.92. The van der Waals surface area contributed by atoms with Crippen molar-refractivity contribution in [2.45, 2.75) is 135 Å². The van der Waals surface area contributed by atoms with E-state index in [0.717, 1.165) is 19.3 Å². The summed E-state index contributed by atoms with van der Waals surface area (Å²) in [6.07, 6.45) is 20.8. The van der Waals surface area contributed by atoms with Crippen molar-refractivity contribution >= 4 is 23.7 Å². The molecule has 3 amide bonds. The lowest BCUT2D eigenvalue weighted by Crippen LogP contribution is -2.53. The Morgan fingerprint density at radius 1 is 0.829 bits per heavy atom. The first-order chi connectivity index (χ1) is 19.9. The summed E-state index contributed by atoms with van der Waals surface area (Å²) in [5, 5.41) is 17.3. The summed E-state index contributed by atoms with van der Waals surface area (Å²) in [5.74, 6) is -2.49. The number of carbonyl (C=O) groups excluding carboxylic acids is 3. The highest BCUT2D eigenvalue weighted by atomic mass is 16.4. The predicted octanol–water partition coefficient (Wildman–Crippen LogP) is 3.73. The predicted molar refractivity (Wildman–Crippen MR) is 160 cm³/mol.